The molecule has 1 aliphatic rings. The highest BCUT2D eigenvalue weighted by Crippen LogP contribution is 2.29. The van der Waals surface area contributed by atoms with E-state index in [4.69, 9.17) is 5.73 Å². The number of hydrogen-bond donors (Lipinski definition) is 1. The van der Waals surface area contributed by atoms with Crippen LogP contribution < -0.4 is 10.6 Å². The number of rotatable bonds is 3. The zero-order valence-electron chi connectivity index (χ0n) is 12.3. The zero-order valence-corrected chi connectivity index (χ0v) is 13.1. The highest BCUT2D eigenvalue weighted by atomic mass is 32.2. The molecule has 0 saturated carbocycles. The molecule has 1 heterocycles. The minimum Gasteiger partial charge on any atom is -0.369 e. The highest BCUT2D eigenvalue weighted by molar-refractivity contribution is 7.89. The van der Waals surface area contributed by atoms with Crippen molar-refractivity contribution < 1.29 is 8.42 Å². The molecule has 5 nitrogen and oxygen atoms in total. The number of anilines is 1. The maximum atomic E-state index is 12.4. The van der Waals surface area contributed by atoms with Gasteiger partial charge in [0.1, 0.15) is 4.90 Å². The van der Waals surface area contributed by atoms with E-state index in [0.717, 1.165) is 18.7 Å². The normalized spacial score (nSPS) is 24.1. The Morgan fingerprint density at radius 2 is 1.95 bits per heavy atom. The van der Waals surface area contributed by atoms with Crippen LogP contribution in [0.25, 0.3) is 0 Å². The number of sulfonamides is 1. The molecule has 2 N–H and O–H groups in total. The summed E-state index contributed by atoms with van der Waals surface area (Å²) in [6.45, 7) is 3.68. The second kappa shape index (κ2) is 5.71. The fraction of sp³-hybridized carbons (Fsp3) is 0.571. The third-order valence-corrected chi connectivity index (χ3v) is 5.84. The van der Waals surface area contributed by atoms with E-state index in [1.165, 1.54) is 4.31 Å². The Morgan fingerprint density at radius 3 is 2.55 bits per heavy atom. The summed E-state index contributed by atoms with van der Waals surface area (Å²) < 4.78 is 26.1. The molecule has 1 aromatic rings. The number of para-hydroxylation sites is 1. The minimum absolute atomic E-state index is 0.0823. The molecule has 0 spiro atoms. The molecule has 1 aromatic carbocycles. The Hall–Kier alpha value is -1.11. The maximum Gasteiger partial charge on any atom is 0.244 e. The van der Waals surface area contributed by atoms with Crippen molar-refractivity contribution in [2.75, 3.05) is 32.1 Å². The Bertz CT molecular complexity index is 572. The molecule has 20 heavy (non-hydrogen) atoms. The van der Waals surface area contributed by atoms with Gasteiger partial charge in [-0.25, -0.2) is 12.7 Å². The smallest absolute Gasteiger partial charge is 0.244 e. The summed E-state index contributed by atoms with van der Waals surface area (Å²) in [5, 5.41) is 0. The van der Waals surface area contributed by atoms with Crippen LogP contribution in [0.15, 0.2) is 29.2 Å². The van der Waals surface area contributed by atoms with Crippen LogP contribution in [0.3, 0.4) is 0 Å². The Labute approximate surface area is 121 Å². The molecule has 0 aliphatic carbocycles. The van der Waals surface area contributed by atoms with Crippen LogP contribution in [0.2, 0.25) is 0 Å². The molecule has 0 aromatic heterocycles. The van der Waals surface area contributed by atoms with Gasteiger partial charge in [-0.15, -0.1) is 0 Å². The fourth-order valence-electron chi connectivity index (χ4n) is 2.45. The van der Waals surface area contributed by atoms with E-state index >= 15 is 0 Å². The van der Waals surface area contributed by atoms with E-state index in [2.05, 4.69) is 11.8 Å². The molecule has 0 radical (unpaired) electrons. The van der Waals surface area contributed by atoms with Crippen LogP contribution in [-0.4, -0.2) is 45.9 Å². The topological polar surface area (TPSA) is 66.6 Å². The Morgan fingerprint density at radius 1 is 1.30 bits per heavy atom. The van der Waals surface area contributed by atoms with Crippen LogP contribution in [0.4, 0.5) is 5.69 Å². The van der Waals surface area contributed by atoms with Crippen LogP contribution >= 0.6 is 0 Å². The second-order valence-electron chi connectivity index (χ2n) is 5.63. The summed E-state index contributed by atoms with van der Waals surface area (Å²) in [6, 6.07) is 7.23. The molecule has 0 bridgehead atoms. The van der Waals surface area contributed by atoms with E-state index < -0.39 is 10.0 Å². The van der Waals surface area contributed by atoms with E-state index in [0.29, 0.717) is 17.4 Å². The standard InChI is InChI=1S/C14H23N3O2S/c1-11-8-9-17(10-12(11)15)13-6-4-5-7-14(13)20(18,19)16(2)3/h4-7,11-12H,8-10,15H2,1-3H3. The molecule has 6 heteroatoms. The van der Waals surface area contributed by atoms with Crippen LogP contribution in [0, 0.1) is 5.92 Å². The first-order valence-electron chi connectivity index (χ1n) is 6.86. The van der Waals surface area contributed by atoms with Crippen molar-refractivity contribution in [3.05, 3.63) is 24.3 Å². The second-order valence-corrected chi connectivity index (χ2v) is 7.75. The molecule has 2 atom stereocenters. The van der Waals surface area contributed by atoms with Gasteiger partial charge >= 0.3 is 0 Å². The highest BCUT2D eigenvalue weighted by Gasteiger charge is 2.28. The van der Waals surface area contributed by atoms with E-state index in [1.54, 1.807) is 26.2 Å². The number of benzene rings is 1. The first-order chi connectivity index (χ1) is 9.34. The van der Waals surface area contributed by atoms with Crippen molar-refractivity contribution in [3.8, 4) is 0 Å². The van der Waals surface area contributed by atoms with Crippen molar-refractivity contribution in [1.29, 1.82) is 0 Å². The third-order valence-electron chi connectivity index (χ3n) is 3.98. The summed E-state index contributed by atoms with van der Waals surface area (Å²) in [6.07, 6.45) is 0.984. The van der Waals surface area contributed by atoms with Crippen molar-refractivity contribution in [2.24, 2.45) is 11.7 Å². The van der Waals surface area contributed by atoms with Gasteiger partial charge < -0.3 is 10.6 Å². The van der Waals surface area contributed by atoms with Gasteiger partial charge in [0.25, 0.3) is 0 Å². The minimum atomic E-state index is -3.44. The number of nitrogens with two attached hydrogens (primary N) is 1. The van der Waals surface area contributed by atoms with Gasteiger partial charge in [-0.05, 0) is 24.5 Å². The number of nitrogens with zero attached hydrogens (tertiary/aromatic N) is 2. The lowest BCUT2D eigenvalue weighted by Crippen LogP contribution is -2.48. The van der Waals surface area contributed by atoms with Crippen molar-refractivity contribution >= 4 is 15.7 Å². The lowest BCUT2D eigenvalue weighted by Gasteiger charge is -2.37. The monoisotopic (exact) mass is 297 g/mol. The summed E-state index contributed by atoms with van der Waals surface area (Å²) in [7, 11) is -0.334. The van der Waals surface area contributed by atoms with E-state index in [-0.39, 0.29) is 6.04 Å². The van der Waals surface area contributed by atoms with Gasteiger partial charge in [0.15, 0.2) is 0 Å². The molecule has 1 fully saturated rings. The average Bonchev–Trinajstić information content (AvgIpc) is 2.41. The van der Waals surface area contributed by atoms with Crippen molar-refractivity contribution in [1.82, 2.24) is 4.31 Å². The van der Waals surface area contributed by atoms with Gasteiger partial charge in [0, 0.05) is 33.2 Å². The van der Waals surface area contributed by atoms with Gasteiger partial charge in [-0.2, -0.15) is 0 Å². The number of piperidine rings is 1. The quantitative estimate of drug-likeness (QED) is 0.907. The third kappa shape index (κ3) is 2.82. The summed E-state index contributed by atoms with van der Waals surface area (Å²) in [5.41, 5.74) is 6.88. The summed E-state index contributed by atoms with van der Waals surface area (Å²) >= 11 is 0. The largest absolute Gasteiger partial charge is 0.369 e. The van der Waals surface area contributed by atoms with Gasteiger partial charge in [-0.1, -0.05) is 19.1 Å². The number of hydrogen-bond acceptors (Lipinski definition) is 4. The molecule has 1 aliphatic heterocycles. The lowest BCUT2D eigenvalue weighted by atomic mass is 9.94. The molecule has 1 saturated heterocycles. The van der Waals surface area contributed by atoms with E-state index in [1.807, 2.05) is 12.1 Å². The predicted molar refractivity (Wildman–Crippen MR) is 81.3 cm³/mol. The average molecular weight is 297 g/mol. The molecule has 2 rings (SSSR count). The van der Waals surface area contributed by atoms with Crippen LogP contribution in [-0.2, 0) is 10.0 Å². The molecule has 0 amide bonds. The predicted octanol–water partition coefficient (Wildman–Crippen LogP) is 1.11. The van der Waals surface area contributed by atoms with Gasteiger partial charge in [0.2, 0.25) is 10.0 Å². The molecular weight excluding hydrogens is 274 g/mol. The Kier molecular flexibility index (Phi) is 4.36. The Balaban J connectivity index is 2.39. The molecular formula is C14H23N3O2S. The zero-order chi connectivity index (χ0) is 14.9. The van der Waals surface area contributed by atoms with Crippen LogP contribution in [0.5, 0.6) is 0 Å². The maximum absolute atomic E-state index is 12.4. The lowest BCUT2D eigenvalue weighted by molar-refractivity contribution is 0.378. The first-order valence-corrected chi connectivity index (χ1v) is 8.30. The van der Waals surface area contributed by atoms with Crippen LogP contribution in [0.1, 0.15) is 13.3 Å². The van der Waals surface area contributed by atoms with Gasteiger partial charge in [0.05, 0.1) is 5.69 Å². The van der Waals surface area contributed by atoms with Gasteiger partial charge in [-0.3, -0.25) is 0 Å². The van der Waals surface area contributed by atoms with Crippen molar-refractivity contribution in [2.45, 2.75) is 24.3 Å². The first kappa shape index (κ1) is 15.3. The molecule has 2 unspecified atom stereocenters. The molecule has 112 valence electrons. The fourth-order valence-corrected chi connectivity index (χ4v) is 3.56. The summed E-state index contributed by atoms with van der Waals surface area (Å²) in [5.74, 6) is 0.476. The van der Waals surface area contributed by atoms with Crippen molar-refractivity contribution in [3.63, 3.8) is 0 Å². The van der Waals surface area contributed by atoms with E-state index in [9.17, 15) is 8.42 Å². The SMILES string of the molecule is CC1CCN(c2ccccc2S(=O)(=O)N(C)C)CC1N. The summed E-state index contributed by atoms with van der Waals surface area (Å²) in [4.78, 5) is 2.44.